The Hall–Kier alpha value is -2.80. The van der Waals surface area contributed by atoms with Crippen molar-refractivity contribution in [3.05, 3.63) is 53.3 Å². The molecular formula is C15H13N3O. The van der Waals surface area contributed by atoms with Gasteiger partial charge in [0.1, 0.15) is 0 Å². The molecule has 2 aromatic rings. The van der Waals surface area contributed by atoms with Gasteiger partial charge in [0.2, 0.25) is 0 Å². The first-order valence-corrected chi connectivity index (χ1v) is 5.69. The van der Waals surface area contributed by atoms with Crippen LogP contribution in [0.5, 0.6) is 0 Å². The number of carbonyl (C=O) groups is 1. The molecule has 1 aromatic heterocycles. The summed E-state index contributed by atoms with van der Waals surface area (Å²) < 4.78 is 0. The summed E-state index contributed by atoms with van der Waals surface area (Å²) in [5.74, 6) is 2.30. The van der Waals surface area contributed by atoms with Gasteiger partial charge in [-0.05, 0) is 30.7 Å². The summed E-state index contributed by atoms with van der Waals surface area (Å²) >= 11 is 0. The van der Waals surface area contributed by atoms with E-state index in [0.29, 0.717) is 16.9 Å². The number of amides is 1. The highest BCUT2D eigenvalue weighted by Crippen LogP contribution is 2.15. The Balaban J connectivity index is 2.22. The zero-order valence-electron chi connectivity index (χ0n) is 10.5. The van der Waals surface area contributed by atoms with E-state index in [1.54, 1.807) is 18.2 Å². The molecule has 0 aliphatic heterocycles. The lowest BCUT2D eigenvalue weighted by Crippen LogP contribution is -2.12. The van der Waals surface area contributed by atoms with E-state index in [1.165, 1.54) is 12.4 Å². The smallest absolute Gasteiger partial charge is 0.257 e. The van der Waals surface area contributed by atoms with E-state index in [2.05, 4.69) is 16.2 Å². The SMILES string of the molecule is C#Cc1cc(NC(=O)c2cncc(N)c2)ccc1C. The molecule has 0 bridgehead atoms. The summed E-state index contributed by atoms with van der Waals surface area (Å²) in [5.41, 5.74) is 8.83. The van der Waals surface area contributed by atoms with Crippen molar-refractivity contribution in [3.8, 4) is 12.3 Å². The molecule has 4 nitrogen and oxygen atoms in total. The van der Waals surface area contributed by atoms with Gasteiger partial charge in [-0.1, -0.05) is 12.0 Å². The summed E-state index contributed by atoms with van der Waals surface area (Å²) in [6.07, 6.45) is 8.34. The Morgan fingerprint density at radius 2 is 2.16 bits per heavy atom. The molecule has 0 unspecified atom stereocenters. The number of anilines is 2. The van der Waals surface area contributed by atoms with Gasteiger partial charge in [-0.25, -0.2) is 0 Å². The Morgan fingerprint density at radius 3 is 2.84 bits per heavy atom. The molecule has 94 valence electrons. The third-order valence-electron chi connectivity index (χ3n) is 2.67. The van der Waals surface area contributed by atoms with E-state index in [0.717, 1.165) is 11.1 Å². The standard InChI is InChI=1S/C15H13N3O/c1-3-11-7-14(5-4-10(11)2)18-15(19)12-6-13(16)9-17-8-12/h1,4-9H,16H2,2H3,(H,18,19). The first-order valence-electron chi connectivity index (χ1n) is 5.69. The minimum atomic E-state index is -0.272. The lowest BCUT2D eigenvalue weighted by Gasteiger charge is -2.07. The molecule has 0 aliphatic carbocycles. The molecule has 0 saturated heterocycles. The van der Waals surface area contributed by atoms with Crippen LogP contribution >= 0.6 is 0 Å². The Bertz CT molecular complexity index is 671. The fourth-order valence-electron chi connectivity index (χ4n) is 1.64. The summed E-state index contributed by atoms with van der Waals surface area (Å²) in [7, 11) is 0. The van der Waals surface area contributed by atoms with Gasteiger partial charge in [-0.3, -0.25) is 9.78 Å². The summed E-state index contributed by atoms with van der Waals surface area (Å²) in [6.45, 7) is 1.92. The van der Waals surface area contributed by atoms with Gasteiger partial charge < -0.3 is 11.1 Å². The number of benzene rings is 1. The monoisotopic (exact) mass is 251 g/mol. The minimum absolute atomic E-state index is 0.272. The van der Waals surface area contributed by atoms with Gasteiger partial charge in [0.15, 0.2) is 0 Å². The molecule has 1 amide bonds. The molecule has 4 heteroatoms. The number of terminal acetylenes is 1. The van der Waals surface area contributed by atoms with Crippen LogP contribution < -0.4 is 11.1 Å². The van der Waals surface area contributed by atoms with E-state index in [9.17, 15) is 4.79 Å². The quantitative estimate of drug-likeness (QED) is 0.804. The van der Waals surface area contributed by atoms with Crippen molar-refractivity contribution in [2.45, 2.75) is 6.92 Å². The number of nitrogens with zero attached hydrogens (tertiary/aromatic N) is 1. The maximum absolute atomic E-state index is 12.0. The number of hydrogen-bond acceptors (Lipinski definition) is 3. The molecule has 0 aliphatic rings. The molecule has 0 radical (unpaired) electrons. The highest BCUT2D eigenvalue weighted by Gasteiger charge is 2.07. The van der Waals surface area contributed by atoms with E-state index >= 15 is 0 Å². The third-order valence-corrected chi connectivity index (χ3v) is 2.67. The van der Waals surface area contributed by atoms with Crippen LogP contribution in [-0.2, 0) is 0 Å². The molecule has 0 spiro atoms. The van der Waals surface area contributed by atoms with E-state index in [4.69, 9.17) is 12.2 Å². The number of aromatic nitrogens is 1. The van der Waals surface area contributed by atoms with Crippen LogP contribution in [0.25, 0.3) is 0 Å². The predicted octanol–water partition coefficient (Wildman–Crippen LogP) is 2.21. The average Bonchev–Trinajstić information content (AvgIpc) is 2.41. The third kappa shape index (κ3) is 2.90. The van der Waals surface area contributed by atoms with Crippen LogP contribution in [0.2, 0.25) is 0 Å². The van der Waals surface area contributed by atoms with Crippen molar-refractivity contribution >= 4 is 17.3 Å². The number of nitrogens with two attached hydrogens (primary N) is 1. The second-order valence-corrected chi connectivity index (χ2v) is 4.14. The van der Waals surface area contributed by atoms with Crippen LogP contribution in [-0.4, -0.2) is 10.9 Å². The van der Waals surface area contributed by atoms with E-state index < -0.39 is 0 Å². The van der Waals surface area contributed by atoms with Crippen molar-refractivity contribution in [1.82, 2.24) is 4.98 Å². The normalized spacial score (nSPS) is 9.68. The first-order chi connectivity index (χ1) is 9.10. The number of hydrogen-bond donors (Lipinski definition) is 2. The molecule has 1 aromatic carbocycles. The van der Waals surface area contributed by atoms with Crippen molar-refractivity contribution < 1.29 is 4.79 Å². The Labute approximate surface area is 111 Å². The van der Waals surface area contributed by atoms with Gasteiger partial charge in [0.25, 0.3) is 5.91 Å². The van der Waals surface area contributed by atoms with Crippen LogP contribution in [0.3, 0.4) is 0 Å². The van der Waals surface area contributed by atoms with E-state index in [-0.39, 0.29) is 5.91 Å². The van der Waals surface area contributed by atoms with Gasteiger partial charge in [-0.2, -0.15) is 0 Å². The summed E-state index contributed by atoms with van der Waals surface area (Å²) in [6, 6.07) is 6.99. The number of pyridine rings is 1. The Kier molecular flexibility index (Phi) is 3.48. The van der Waals surface area contributed by atoms with Gasteiger partial charge in [0, 0.05) is 23.6 Å². The van der Waals surface area contributed by atoms with Crippen LogP contribution in [0, 0.1) is 19.3 Å². The number of carbonyl (C=O) groups excluding carboxylic acids is 1. The van der Waals surface area contributed by atoms with Crippen LogP contribution in [0.1, 0.15) is 21.5 Å². The van der Waals surface area contributed by atoms with Crippen LogP contribution in [0.15, 0.2) is 36.7 Å². The fraction of sp³-hybridized carbons (Fsp3) is 0.0667. The van der Waals surface area contributed by atoms with Gasteiger partial charge in [0.05, 0.1) is 11.3 Å². The first kappa shape index (κ1) is 12.7. The van der Waals surface area contributed by atoms with Gasteiger partial charge in [-0.15, -0.1) is 6.42 Å². The second-order valence-electron chi connectivity index (χ2n) is 4.14. The number of aryl methyl sites for hydroxylation is 1. The zero-order chi connectivity index (χ0) is 13.8. The second kappa shape index (κ2) is 5.23. The van der Waals surface area contributed by atoms with Gasteiger partial charge >= 0.3 is 0 Å². The predicted molar refractivity (Wildman–Crippen MR) is 75.7 cm³/mol. The molecule has 1 heterocycles. The molecule has 2 rings (SSSR count). The fourth-order valence-corrected chi connectivity index (χ4v) is 1.64. The molecular weight excluding hydrogens is 238 g/mol. The highest BCUT2D eigenvalue weighted by molar-refractivity contribution is 6.04. The zero-order valence-corrected chi connectivity index (χ0v) is 10.5. The molecule has 0 saturated carbocycles. The van der Waals surface area contributed by atoms with E-state index in [1.807, 2.05) is 13.0 Å². The highest BCUT2D eigenvalue weighted by atomic mass is 16.1. The van der Waals surface area contributed by atoms with Crippen molar-refractivity contribution in [1.29, 1.82) is 0 Å². The van der Waals surface area contributed by atoms with Crippen molar-refractivity contribution in [2.75, 3.05) is 11.1 Å². The molecule has 3 N–H and O–H groups in total. The summed E-state index contributed by atoms with van der Waals surface area (Å²) in [5, 5.41) is 2.76. The van der Waals surface area contributed by atoms with Crippen LogP contribution in [0.4, 0.5) is 11.4 Å². The maximum Gasteiger partial charge on any atom is 0.257 e. The summed E-state index contributed by atoms with van der Waals surface area (Å²) in [4.78, 5) is 15.9. The average molecular weight is 251 g/mol. The number of nitrogen functional groups attached to an aromatic ring is 1. The lowest BCUT2D eigenvalue weighted by atomic mass is 10.1. The lowest BCUT2D eigenvalue weighted by molar-refractivity contribution is 0.102. The molecule has 19 heavy (non-hydrogen) atoms. The minimum Gasteiger partial charge on any atom is -0.397 e. The number of nitrogens with one attached hydrogen (secondary N) is 1. The van der Waals surface area contributed by atoms with Crippen molar-refractivity contribution in [2.24, 2.45) is 0 Å². The Morgan fingerprint density at radius 1 is 1.37 bits per heavy atom. The molecule has 0 fully saturated rings. The van der Waals surface area contributed by atoms with Crippen molar-refractivity contribution in [3.63, 3.8) is 0 Å². The maximum atomic E-state index is 12.0. The topological polar surface area (TPSA) is 68.0 Å². The molecule has 0 atom stereocenters. The number of rotatable bonds is 2. The largest absolute Gasteiger partial charge is 0.397 e.